The van der Waals surface area contributed by atoms with Crippen molar-refractivity contribution in [2.75, 3.05) is 6.61 Å². The van der Waals surface area contributed by atoms with Gasteiger partial charge in [-0.25, -0.2) is 0 Å². The van der Waals surface area contributed by atoms with Crippen molar-refractivity contribution in [3.8, 4) is 0 Å². The van der Waals surface area contributed by atoms with Gasteiger partial charge in [-0.05, 0) is 39.5 Å². The van der Waals surface area contributed by atoms with Crippen LogP contribution in [-0.4, -0.2) is 23.2 Å². The lowest BCUT2D eigenvalue weighted by Gasteiger charge is -2.32. The lowest BCUT2D eigenvalue weighted by Crippen LogP contribution is -2.46. The molecule has 0 saturated heterocycles. The Morgan fingerprint density at radius 1 is 1.33 bits per heavy atom. The predicted molar refractivity (Wildman–Crippen MR) is 60.4 cm³/mol. The van der Waals surface area contributed by atoms with Gasteiger partial charge in [0.15, 0.2) is 0 Å². The first-order valence-electron chi connectivity index (χ1n) is 5.87. The Kier molecular flexibility index (Phi) is 4.14. The zero-order chi connectivity index (χ0) is 11.5. The highest BCUT2D eigenvalue weighted by molar-refractivity contribution is 5.79. The number of rotatable bonds is 2. The van der Waals surface area contributed by atoms with Gasteiger partial charge in [0.1, 0.15) is 0 Å². The molecule has 88 valence electrons. The molecule has 1 amide bonds. The van der Waals surface area contributed by atoms with E-state index in [2.05, 4.69) is 5.32 Å². The number of carbonyl (C=O) groups is 1. The molecule has 15 heavy (non-hydrogen) atoms. The van der Waals surface area contributed by atoms with E-state index in [-0.39, 0.29) is 29.9 Å². The first kappa shape index (κ1) is 12.5. The summed E-state index contributed by atoms with van der Waals surface area (Å²) in [5, 5.41) is 12.2. The van der Waals surface area contributed by atoms with Crippen molar-refractivity contribution in [3.63, 3.8) is 0 Å². The summed E-state index contributed by atoms with van der Waals surface area (Å²) < 4.78 is 0. The fourth-order valence-electron chi connectivity index (χ4n) is 2.23. The standard InChI is InChI=1S/C12H23NO2/c1-12(2,3)13-11(15)10-7-5-4-6-9(10)8-14/h9-10,14H,4-8H2,1-3H3,(H,13,15). The van der Waals surface area contributed by atoms with Crippen molar-refractivity contribution >= 4 is 5.91 Å². The molecule has 1 fully saturated rings. The van der Waals surface area contributed by atoms with Crippen LogP contribution in [0, 0.1) is 11.8 Å². The van der Waals surface area contributed by atoms with Crippen LogP contribution in [0.4, 0.5) is 0 Å². The molecule has 1 aliphatic carbocycles. The number of hydrogen-bond donors (Lipinski definition) is 2. The van der Waals surface area contributed by atoms with E-state index in [1.54, 1.807) is 0 Å². The smallest absolute Gasteiger partial charge is 0.223 e. The molecule has 2 N–H and O–H groups in total. The Hall–Kier alpha value is -0.570. The second kappa shape index (κ2) is 4.97. The van der Waals surface area contributed by atoms with E-state index in [0.29, 0.717) is 0 Å². The van der Waals surface area contributed by atoms with Gasteiger partial charge in [-0.2, -0.15) is 0 Å². The SMILES string of the molecule is CC(C)(C)NC(=O)C1CCCCC1CO. The van der Waals surface area contributed by atoms with Crippen LogP contribution in [0.1, 0.15) is 46.5 Å². The van der Waals surface area contributed by atoms with Gasteiger partial charge in [-0.1, -0.05) is 12.8 Å². The number of hydrogen-bond acceptors (Lipinski definition) is 2. The van der Waals surface area contributed by atoms with Gasteiger partial charge in [-0.15, -0.1) is 0 Å². The summed E-state index contributed by atoms with van der Waals surface area (Å²) in [6, 6.07) is 0. The summed E-state index contributed by atoms with van der Waals surface area (Å²) in [6.45, 7) is 6.10. The Labute approximate surface area is 92.3 Å². The van der Waals surface area contributed by atoms with Crippen LogP contribution in [0.2, 0.25) is 0 Å². The van der Waals surface area contributed by atoms with Crippen LogP contribution in [0.5, 0.6) is 0 Å². The molecule has 0 aromatic carbocycles. The molecular formula is C12H23NO2. The third-order valence-electron chi connectivity index (χ3n) is 2.98. The van der Waals surface area contributed by atoms with Gasteiger partial charge in [0.2, 0.25) is 5.91 Å². The van der Waals surface area contributed by atoms with Crippen LogP contribution in [0.15, 0.2) is 0 Å². The molecule has 0 aromatic rings. The van der Waals surface area contributed by atoms with Gasteiger partial charge in [0.25, 0.3) is 0 Å². The molecule has 0 aliphatic heterocycles. The zero-order valence-electron chi connectivity index (χ0n) is 10.0. The van der Waals surface area contributed by atoms with E-state index >= 15 is 0 Å². The number of aliphatic hydroxyl groups excluding tert-OH is 1. The highest BCUT2D eigenvalue weighted by Crippen LogP contribution is 2.30. The molecule has 3 heteroatoms. The number of aliphatic hydroxyl groups is 1. The van der Waals surface area contributed by atoms with Crippen molar-refractivity contribution in [2.45, 2.75) is 52.0 Å². The lowest BCUT2D eigenvalue weighted by molar-refractivity contribution is -0.130. The van der Waals surface area contributed by atoms with Crippen LogP contribution in [-0.2, 0) is 4.79 Å². The van der Waals surface area contributed by atoms with E-state index in [4.69, 9.17) is 0 Å². The molecule has 0 bridgehead atoms. The number of amides is 1. The molecule has 1 saturated carbocycles. The highest BCUT2D eigenvalue weighted by atomic mass is 16.3. The highest BCUT2D eigenvalue weighted by Gasteiger charge is 2.31. The van der Waals surface area contributed by atoms with Gasteiger partial charge in [0.05, 0.1) is 0 Å². The largest absolute Gasteiger partial charge is 0.396 e. The Balaban J connectivity index is 2.56. The normalized spacial score (nSPS) is 27.5. The summed E-state index contributed by atoms with van der Waals surface area (Å²) in [5.41, 5.74) is -0.172. The fraction of sp³-hybridized carbons (Fsp3) is 0.917. The first-order valence-corrected chi connectivity index (χ1v) is 5.87. The van der Waals surface area contributed by atoms with E-state index < -0.39 is 0 Å². The molecule has 1 aliphatic rings. The van der Waals surface area contributed by atoms with E-state index in [0.717, 1.165) is 25.7 Å². The summed E-state index contributed by atoms with van der Waals surface area (Å²) in [5.74, 6) is 0.297. The molecule has 0 heterocycles. The van der Waals surface area contributed by atoms with Crippen molar-refractivity contribution in [1.29, 1.82) is 0 Å². The quantitative estimate of drug-likeness (QED) is 0.733. The average Bonchev–Trinajstić information content (AvgIpc) is 2.15. The van der Waals surface area contributed by atoms with Crippen LogP contribution < -0.4 is 5.32 Å². The van der Waals surface area contributed by atoms with Crippen LogP contribution in [0.25, 0.3) is 0 Å². The fourth-order valence-corrected chi connectivity index (χ4v) is 2.23. The molecule has 3 nitrogen and oxygen atoms in total. The Bertz CT molecular complexity index is 220. The molecular weight excluding hydrogens is 190 g/mol. The van der Waals surface area contributed by atoms with Gasteiger partial charge in [0, 0.05) is 18.1 Å². The Morgan fingerprint density at radius 3 is 2.47 bits per heavy atom. The minimum atomic E-state index is -0.172. The van der Waals surface area contributed by atoms with Crippen molar-refractivity contribution < 1.29 is 9.90 Å². The summed E-state index contributed by atoms with van der Waals surface area (Å²) in [6.07, 6.45) is 4.16. The summed E-state index contributed by atoms with van der Waals surface area (Å²) in [7, 11) is 0. The molecule has 1 rings (SSSR count). The topological polar surface area (TPSA) is 49.3 Å². The van der Waals surface area contributed by atoms with E-state index in [1.165, 1.54) is 0 Å². The molecule has 2 atom stereocenters. The van der Waals surface area contributed by atoms with Crippen molar-refractivity contribution in [2.24, 2.45) is 11.8 Å². The maximum Gasteiger partial charge on any atom is 0.223 e. The third kappa shape index (κ3) is 3.82. The second-order valence-corrected chi connectivity index (χ2v) is 5.57. The average molecular weight is 213 g/mol. The number of nitrogens with one attached hydrogen (secondary N) is 1. The molecule has 0 spiro atoms. The maximum absolute atomic E-state index is 12.0. The van der Waals surface area contributed by atoms with Crippen LogP contribution >= 0.6 is 0 Å². The van der Waals surface area contributed by atoms with Crippen molar-refractivity contribution in [1.82, 2.24) is 5.32 Å². The minimum absolute atomic E-state index is 0.0166. The first-order chi connectivity index (χ1) is 6.94. The molecule has 2 unspecified atom stereocenters. The molecule has 0 aromatic heterocycles. The third-order valence-corrected chi connectivity index (χ3v) is 2.98. The summed E-state index contributed by atoms with van der Waals surface area (Å²) in [4.78, 5) is 12.0. The van der Waals surface area contributed by atoms with Crippen LogP contribution in [0.3, 0.4) is 0 Å². The van der Waals surface area contributed by atoms with Crippen molar-refractivity contribution in [3.05, 3.63) is 0 Å². The monoisotopic (exact) mass is 213 g/mol. The Morgan fingerprint density at radius 2 is 1.93 bits per heavy atom. The predicted octanol–water partition coefficient (Wildman–Crippen LogP) is 1.70. The maximum atomic E-state index is 12.0. The number of carbonyl (C=O) groups excluding carboxylic acids is 1. The van der Waals surface area contributed by atoms with E-state index in [9.17, 15) is 9.90 Å². The summed E-state index contributed by atoms with van der Waals surface area (Å²) >= 11 is 0. The minimum Gasteiger partial charge on any atom is -0.396 e. The van der Waals surface area contributed by atoms with Gasteiger partial charge >= 0.3 is 0 Å². The second-order valence-electron chi connectivity index (χ2n) is 5.57. The van der Waals surface area contributed by atoms with Gasteiger partial charge < -0.3 is 10.4 Å². The molecule has 0 radical (unpaired) electrons. The lowest BCUT2D eigenvalue weighted by atomic mass is 9.79. The zero-order valence-corrected chi connectivity index (χ0v) is 10.0. The van der Waals surface area contributed by atoms with Gasteiger partial charge in [-0.3, -0.25) is 4.79 Å². The van der Waals surface area contributed by atoms with E-state index in [1.807, 2.05) is 20.8 Å².